The fourth-order valence-electron chi connectivity index (χ4n) is 2.15. The lowest BCUT2D eigenvalue weighted by atomic mass is 9.74. The van der Waals surface area contributed by atoms with Gasteiger partial charge in [0.25, 0.3) is 0 Å². The van der Waals surface area contributed by atoms with Crippen LogP contribution in [0.15, 0.2) is 0 Å². The standard InChI is InChI=1S/C10H15FO3/c11-8-6-14-4-3-10(8,9(12)13)5-7-1-2-7/h7-8H,1-6H2,(H,12,13). The van der Waals surface area contributed by atoms with Crippen LogP contribution in [0.1, 0.15) is 25.7 Å². The number of hydrogen-bond acceptors (Lipinski definition) is 2. The quantitative estimate of drug-likeness (QED) is 0.756. The van der Waals surface area contributed by atoms with Crippen molar-refractivity contribution >= 4 is 5.97 Å². The second-order valence-electron chi connectivity index (χ2n) is 4.40. The first-order chi connectivity index (χ1) is 6.65. The minimum Gasteiger partial charge on any atom is -0.481 e. The van der Waals surface area contributed by atoms with E-state index in [4.69, 9.17) is 9.84 Å². The molecule has 1 N–H and O–H groups in total. The van der Waals surface area contributed by atoms with Crippen LogP contribution < -0.4 is 0 Å². The van der Waals surface area contributed by atoms with Gasteiger partial charge in [0.05, 0.1) is 6.61 Å². The molecule has 2 aliphatic rings. The maximum atomic E-state index is 13.6. The fraction of sp³-hybridized carbons (Fsp3) is 0.900. The lowest BCUT2D eigenvalue weighted by molar-refractivity contribution is -0.164. The smallest absolute Gasteiger partial charge is 0.312 e. The first-order valence-corrected chi connectivity index (χ1v) is 5.10. The number of rotatable bonds is 3. The van der Waals surface area contributed by atoms with Crippen molar-refractivity contribution in [3.8, 4) is 0 Å². The van der Waals surface area contributed by atoms with E-state index < -0.39 is 17.6 Å². The summed E-state index contributed by atoms with van der Waals surface area (Å²) < 4.78 is 18.6. The van der Waals surface area contributed by atoms with Crippen LogP contribution in [0.3, 0.4) is 0 Å². The van der Waals surface area contributed by atoms with Crippen LogP contribution in [0.2, 0.25) is 0 Å². The number of hydrogen-bond donors (Lipinski definition) is 1. The Hall–Kier alpha value is -0.640. The van der Waals surface area contributed by atoms with E-state index in [1.54, 1.807) is 0 Å². The van der Waals surface area contributed by atoms with Gasteiger partial charge >= 0.3 is 5.97 Å². The van der Waals surface area contributed by atoms with Crippen molar-refractivity contribution < 1.29 is 19.0 Å². The molecule has 2 rings (SSSR count). The minimum absolute atomic E-state index is 0.0565. The van der Waals surface area contributed by atoms with Crippen molar-refractivity contribution in [1.82, 2.24) is 0 Å². The van der Waals surface area contributed by atoms with Crippen molar-refractivity contribution in [3.05, 3.63) is 0 Å². The fourth-order valence-corrected chi connectivity index (χ4v) is 2.15. The summed E-state index contributed by atoms with van der Waals surface area (Å²) in [5, 5.41) is 9.14. The summed E-state index contributed by atoms with van der Waals surface area (Å²) in [6, 6.07) is 0. The molecule has 0 aromatic carbocycles. The zero-order valence-corrected chi connectivity index (χ0v) is 8.04. The molecule has 0 aromatic rings. The van der Waals surface area contributed by atoms with E-state index in [-0.39, 0.29) is 6.61 Å². The van der Waals surface area contributed by atoms with E-state index in [0.717, 1.165) is 12.8 Å². The molecule has 0 amide bonds. The van der Waals surface area contributed by atoms with Crippen LogP contribution in [-0.4, -0.2) is 30.5 Å². The van der Waals surface area contributed by atoms with Gasteiger partial charge in [0.15, 0.2) is 0 Å². The zero-order valence-electron chi connectivity index (χ0n) is 8.04. The highest BCUT2D eigenvalue weighted by Crippen LogP contribution is 2.46. The molecule has 0 aromatic heterocycles. The highest BCUT2D eigenvalue weighted by Gasteiger charge is 2.51. The van der Waals surface area contributed by atoms with Crippen LogP contribution in [-0.2, 0) is 9.53 Å². The Bertz CT molecular complexity index is 240. The van der Waals surface area contributed by atoms with Gasteiger partial charge < -0.3 is 9.84 Å². The monoisotopic (exact) mass is 202 g/mol. The van der Waals surface area contributed by atoms with Gasteiger partial charge in [-0.2, -0.15) is 0 Å². The van der Waals surface area contributed by atoms with Crippen LogP contribution in [0, 0.1) is 11.3 Å². The summed E-state index contributed by atoms with van der Waals surface area (Å²) in [5.41, 5.74) is -1.15. The van der Waals surface area contributed by atoms with Crippen molar-refractivity contribution in [1.29, 1.82) is 0 Å². The van der Waals surface area contributed by atoms with Crippen LogP contribution in [0.25, 0.3) is 0 Å². The van der Waals surface area contributed by atoms with E-state index in [9.17, 15) is 9.18 Å². The van der Waals surface area contributed by atoms with Crippen molar-refractivity contribution in [2.45, 2.75) is 31.9 Å². The van der Waals surface area contributed by atoms with Crippen molar-refractivity contribution in [3.63, 3.8) is 0 Å². The summed E-state index contributed by atoms with van der Waals surface area (Å²) in [7, 11) is 0. The number of ether oxygens (including phenoxy) is 1. The molecule has 3 nitrogen and oxygen atoms in total. The van der Waals surface area contributed by atoms with Crippen LogP contribution in [0.4, 0.5) is 4.39 Å². The minimum atomic E-state index is -1.34. The number of carboxylic acids is 1. The molecule has 2 fully saturated rings. The average Bonchev–Trinajstić information content (AvgIpc) is 2.92. The molecule has 1 aliphatic carbocycles. The van der Waals surface area contributed by atoms with E-state index in [1.807, 2.05) is 0 Å². The topological polar surface area (TPSA) is 46.5 Å². The SMILES string of the molecule is O=C(O)C1(CC2CC2)CCOCC1F. The molecule has 2 unspecified atom stereocenters. The molecule has 2 atom stereocenters. The summed E-state index contributed by atoms with van der Waals surface area (Å²) in [5.74, 6) is -0.553. The van der Waals surface area contributed by atoms with Gasteiger partial charge in [0.2, 0.25) is 0 Å². The summed E-state index contributed by atoms with van der Waals surface area (Å²) in [6.07, 6.45) is 1.59. The van der Waals surface area contributed by atoms with E-state index in [1.165, 1.54) is 0 Å². The normalized spacial score (nSPS) is 38.2. The van der Waals surface area contributed by atoms with Gasteiger partial charge in [0.1, 0.15) is 11.6 Å². The van der Waals surface area contributed by atoms with Crippen LogP contribution >= 0.6 is 0 Å². The number of halogens is 1. The van der Waals surface area contributed by atoms with E-state index >= 15 is 0 Å². The molecular weight excluding hydrogens is 187 g/mol. The zero-order chi connectivity index (χ0) is 10.2. The predicted octanol–water partition coefficient (Wildman–Crippen LogP) is 1.62. The molecule has 14 heavy (non-hydrogen) atoms. The highest BCUT2D eigenvalue weighted by atomic mass is 19.1. The molecular formula is C10H15FO3. The molecule has 0 spiro atoms. The highest BCUT2D eigenvalue weighted by molar-refractivity contribution is 5.75. The molecule has 0 bridgehead atoms. The molecule has 1 saturated heterocycles. The van der Waals surface area contributed by atoms with Gasteiger partial charge in [-0.25, -0.2) is 4.39 Å². The second kappa shape index (κ2) is 3.50. The summed E-state index contributed by atoms with van der Waals surface area (Å²) in [4.78, 5) is 11.2. The Morgan fingerprint density at radius 1 is 1.57 bits per heavy atom. The third-order valence-corrected chi connectivity index (χ3v) is 3.33. The van der Waals surface area contributed by atoms with Gasteiger partial charge in [-0.3, -0.25) is 4.79 Å². The molecule has 1 saturated carbocycles. The molecule has 4 heteroatoms. The Labute approximate surface area is 82.2 Å². The summed E-state index contributed by atoms with van der Waals surface area (Å²) >= 11 is 0. The molecule has 80 valence electrons. The summed E-state index contributed by atoms with van der Waals surface area (Å²) in [6.45, 7) is 0.318. The third kappa shape index (κ3) is 1.63. The van der Waals surface area contributed by atoms with E-state index in [2.05, 4.69) is 0 Å². The first kappa shape index (κ1) is 9.90. The second-order valence-corrected chi connectivity index (χ2v) is 4.40. The predicted molar refractivity (Wildman–Crippen MR) is 47.7 cm³/mol. The maximum absolute atomic E-state index is 13.6. The number of alkyl halides is 1. The Morgan fingerprint density at radius 3 is 2.79 bits per heavy atom. The lowest BCUT2D eigenvalue weighted by Crippen LogP contribution is -2.47. The first-order valence-electron chi connectivity index (χ1n) is 5.10. The Morgan fingerprint density at radius 2 is 2.29 bits per heavy atom. The van der Waals surface area contributed by atoms with Crippen molar-refractivity contribution in [2.24, 2.45) is 11.3 Å². The number of carbonyl (C=O) groups is 1. The van der Waals surface area contributed by atoms with Crippen LogP contribution in [0.5, 0.6) is 0 Å². The Kier molecular flexibility index (Phi) is 2.47. The molecule has 1 heterocycles. The third-order valence-electron chi connectivity index (χ3n) is 3.33. The Balaban J connectivity index is 2.13. The van der Waals surface area contributed by atoms with Gasteiger partial charge in [-0.05, 0) is 18.8 Å². The average molecular weight is 202 g/mol. The number of aliphatic carboxylic acids is 1. The number of carboxylic acid groups (broad SMARTS) is 1. The van der Waals surface area contributed by atoms with Gasteiger partial charge in [-0.15, -0.1) is 0 Å². The van der Waals surface area contributed by atoms with E-state index in [0.29, 0.717) is 25.4 Å². The lowest BCUT2D eigenvalue weighted by Gasteiger charge is -2.36. The van der Waals surface area contributed by atoms with Gasteiger partial charge in [0, 0.05) is 6.61 Å². The molecule has 0 radical (unpaired) electrons. The van der Waals surface area contributed by atoms with Crippen molar-refractivity contribution in [2.75, 3.05) is 13.2 Å². The maximum Gasteiger partial charge on any atom is 0.312 e. The molecule has 1 aliphatic heterocycles. The van der Waals surface area contributed by atoms with Gasteiger partial charge in [-0.1, -0.05) is 12.8 Å². The largest absolute Gasteiger partial charge is 0.481 e.